The maximum atomic E-state index is 11.7. The van der Waals surface area contributed by atoms with Gasteiger partial charge in [-0.05, 0) is 31.0 Å². The van der Waals surface area contributed by atoms with Crippen molar-refractivity contribution in [2.24, 2.45) is 0 Å². The number of nitrogens with zero attached hydrogens (tertiary/aromatic N) is 1. The Morgan fingerprint density at radius 2 is 2.10 bits per heavy atom. The molecule has 5 heteroatoms. The molecule has 2 aromatic rings. The van der Waals surface area contributed by atoms with Crippen molar-refractivity contribution in [2.45, 2.75) is 46.0 Å². The van der Waals surface area contributed by atoms with Crippen LogP contribution in [0.1, 0.15) is 46.0 Å². The Bertz CT molecular complexity index is 595. The van der Waals surface area contributed by atoms with Gasteiger partial charge in [0.2, 0.25) is 5.91 Å². The molecule has 0 radical (unpaired) electrons. The highest BCUT2D eigenvalue weighted by atomic mass is 32.1. The highest BCUT2D eigenvalue weighted by Crippen LogP contribution is 2.29. The summed E-state index contributed by atoms with van der Waals surface area (Å²) in [5.74, 6) is 0.902. The molecule has 0 fully saturated rings. The van der Waals surface area contributed by atoms with E-state index in [-0.39, 0.29) is 5.91 Å². The second-order valence-electron chi connectivity index (χ2n) is 5.00. The highest BCUT2D eigenvalue weighted by Gasteiger charge is 2.08. The van der Waals surface area contributed by atoms with Crippen molar-refractivity contribution < 1.29 is 9.53 Å². The summed E-state index contributed by atoms with van der Waals surface area (Å²) in [6, 6.07) is 5.86. The zero-order valence-electron chi connectivity index (χ0n) is 12.6. The van der Waals surface area contributed by atoms with Crippen molar-refractivity contribution in [3.63, 3.8) is 0 Å². The summed E-state index contributed by atoms with van der Waals surface area (Å²) in [4.78, 5) is 16.1. The van der Waals surface area contributed by atoms with Crippen molar-refractivity contribution in [1.82, 2.24) is 4.98 Å². The van der Waals surface area contributed by atoms with E-state index in [1.807, 2.05) is 18.2 Å². The minimum absolute atomic E-state index is 0.0373. The second kappa shape index (κ2) is 7.98. The number of hydrogen-bond acceptors (Lipinski definition) is 4. The van der Waals surface area contributed by atoms with E-state index in [4.69, 9.17) is 4.74 Å². The summed E-state index contributed by atoms with van der Waals surface area (Å²) in [6.45, 7) is 4.95. The van der Waals surface area contributed by atoms with Crippen molar-refractivity contribution in [1.29, 1.82) is 0 Å². The normalized spacial score (nSPS) is 10.8. The number of carbonyl (C=O) groups excluding carboxylic acids is 1. The van der Waals surface area contributed by atoms with Gasteiger partial charge in [-0.2, -0.15) is 0 Å². The van der Waals surface area contributed by atoms with Crippen molar-refractivity contribution in [2.75, 3.05) is 11.9 Å². The SMILES string of the molecule is CCCCOc1ccc2nc(NC(=O)CCCC)sc2c1. The van der Waals surface area contributed by atoms with Crippen LogP contribution in [0.5, 0.6) is 5.75 Å². The Labute approximate surface area is 129 Å². The summed E-state index contributed by atoms with van der Waals surface area (Å²) in [6.07, 6.45) is 4.66. The van der Waals surface area contributed by atoms with E-state index >= 15 is 0 Å². The van der Waals surface area contributed by atoms with E-state index in [9.17, 15) is 4.79 Å². The van der Waals surface area contributed by atoms with Crippen LogP contribution in [-0.4, -0.2) is 17.5 Å². The molecular formula is C16H22N2O2S. The molecule has 0 aliphatic carbocycles. The number of amides is 1. The summed E-state index contributed by atoms with van der Waals surface area (Å²) in [5.41, 5.74) is 0.897. The summed E-state index contributed by atoms with van der Waals surface area (Å²) in [7, 11) is 0. The van der Waals surface area contributed by atoms with Gasteiger partial charge in [-0.25, -0.2) is 4.98 Å². The molecule has 1 N–H and O–H groups in total. The van der Waals surface area contributed by atoms with Crippen LogP contribution in [0.15, 0.2) is 18.2 Å². The molecule has 0 unspecified atom stereocenters. The minimum Gasteiger partial charge on any atom is -0.494 e. The number of fused-ring (bicyclic) bond motifs is 1. The van der Waals surface area contributed by atoms with Gasteiger partial charge < -0.3 is 10.1 Å². The minimum atomic E-state index is 0.0373. The van der Waals surface area contributed by atoms with Crippen LogP contribution < -0.4 is 10.1 Å². The molecule has 1 amide bonds. The monoisotopic (exact) mass is 306 g/mol. The lowest BCUT2D eigenvalue weighted by atomic mass is 10.2. The molecule has 2 rings (SSSR count). The van der Waals surface area contributed by atoms with Crippen LogP contribution in [0, 0.1) is 0 Å². The molecule has 114 valence electrons. The van der Waals surface area contributed by atoms with Crippen LogP contribution in [0.25, 0.3) is 10.2 Å². The fourth-order valence-electron chi connectivity index (χ4n) is 1.90. The first-order valence-electron chi connectivity index (χ1n) is 7.56. The number of ether oxygens (including phenoxy) is 1. The molecular weight excluding hydrogens is 284 g/mol. The highest BCUT2D eigenvalue weighted by molar-refractivity contribution is 7.22. The predicted molar refractivity (Wildman–Crippen MR) is 88.2 cm³/mol. The number of thiazole rings is 1. The first-order valence-corrected chi connectivity index (χ1v) is 8.37. The van der Waals surface area contributed by atoms with E-state index in [0.29, 0.717) is 11.6 Å². The summed E-state index contributed by atoms with van der Waals surface area (Å²) in [5, 5.41) is 3.53. The third-order valence-electron chi connectivity index (χ3n) is 3.13. The third-order valence-corrected chi connectivity index (χ3v) is 4.06. The van der Waals surface area contributed by atoms with Gasteiger partial charge in [0.25, 0.3) is 0 Å². The van der Waals surface area contributed by atoms with Crippen molar-refractivity contribution in [3.8, 4) is 5.75 Å². The number of nitrogens with one attached hydrogen (secondary N) is 1. The lowest BCUT2D eigenvalue weighted by molar-refractivity contribution is -0.116. The molecule has 4 nitrogen and oxygen atoms in total. The van der Waals surface area contributed by atoms with Gasteiger partial charge in [-0.3, -0.25) is 4.79 Å². The third kappa shape index (κ3) is 4.70. The number of hydrogen-bond donors (Lipinski definition) is 1. The Kier molecular flexibility index (Phi) is 5.99. The average molecular weight is 306 g/mol. The lowest BCUT2D eigenvalue weighted by Crippen LogP contribution is -2.10. The Balaban J connectivity index is 2.01. The molecule has 0 aliphatic heterocycles. The Morgan fingerprint density at radius 3 is 2.86 bits per heavy atom. The predicted octanol–water partition coefficient (Wildman–Crippen LogP) is 4.60. The molecule has 0 saturated heterocycles. The summed E-state index contributed by atoms with van der Waals surface area (Å²) < 4.78 is 6.73. The van der Waals surface area contributed by atoms with Gasteiger partial charge in [-0.1, -0.05) is 38.0 Å². The van der Waals surface area contributed by atoms with E-state index < -0.39 is 0 Å². The zero-order valence-corrected chi connectivity index (χ0v) is 13.5. The molecule has 1 aromatic carbocycles. The fraction of sp³-hybridized carbons (Fsp3) is 0.500. The van der Waals surface area contributed by atoms with Gasteiger partial charge in [0.1, 0.15) is 5.75 Å². The molecule has 0 saturated carbocycles. The van der Waals surface area contributed by atoms with E-state index in [1.165, 1.54) is 11.3 Å². The van der Waals surface area contributed by atoms with Crippen LogP contribution in [0.3, 0.4) is 0 Å². The number of carbonyl (C=O) groups is 1. The maximum absolute atomic E-state index is 11.7. The lowest BCUT2D eigenvalue weighted by Gasteiger charge is -2.04. The van der Waals surface area contributed by atoms with Crippen molar-refractivity contribution in [3.05, 3.63) is 18.2 Å². The number of aromatic nitrogens is 1. The molecule has 21 heavy (non-hydrogen) atoms. The second-order valence-corrected chi connectivity index (χ2v) is 6.03. The van der Waals surface area contributed by atoms with Crippen molar-refractivity contribution >= 4 is 32.6 Å². The zero-order chi connectivity index (χ0) is 15.1. The maximum Gasteiger partial charge on any atom is 0.226 e. The number of benzene rings is 1. The molecule has 0 aliphatic rings. The molecule has 1 heterocycles. The molecule has 0 spiro atoms. The van der Waals surface area contributed by atoms with Crippen LogP contribution >= 0.6 is 11.3 Å². The van der Waals surface area contributed by atoms with Crippen LogP contribution in [0.2, 0.25) is 0 Å². The quantitative estimate of drug-likeness (QED) is 0.725. The molecule has 1 aromatic heterocycles. The fourth-order valence-corrected chi connectivity index (χ4v) is 2.81. The average Bonchev–Trinajstić information content (AvgIpc) is 2.86. The van der Waals surface area contributed by atoms with Gasteiger partial charge in [0.15, 0.2) is 5.13 Å². The van der Waals surface area contributed by atoms with E-state index in [2.05, 4.69) is 24.1 Å². The van der Waals surface area contributed by atoms with Crippen LogP contribution in [0.4, 0.5) is 5.13 Å². The molecule has 0 atom stereocenters. The van der Waals surface area contributed by atoms with Gasteiger partial charge in [0, 0.05) is 6.42 Å². The number of unbranched alkanes of at least 4 members (excludes halogenated alkanes) is 2. The number of rotatable bonds is 8. The van der Waals surface area contributed by atoms with Crippen LogP contribution in [-0.2, 0) is 4.79 Å². The smallest absolute Gasteiger partial charge is 0.226 e. The first kappa shape index (κ1) is 15.8. The summed E-state index contributed by atoms with van der Waals surface area (Å²) >= 11 is 1.49. The Hall–Kier alpha value is -1.62. The van der Waals surface area contributed by atoms with E-state index in [1.54, 1.807) is 0 Å². The Morgan fingerprint density at radius 1 is 1.29 bits per heavy atom. The van der Waals surface area contributed by atoms with Gasteiger partial charge >= 0.3 is 0 Å². The van der Waals surface area contributed by atoms with E-state index in [0.717, 1.165) is 48.3 Å². The topological polar surface area (TPSA) is 51.2 Å². The van der Waals surface area contributed by atoms with Gasteiger partial charge in [0.05, 0.1) is 16.8 Å². The number of anilines is 1. The largest absolute Gasteiger partial charge is 0.494 e. The standard InChI is InChI=1S/C16H22N2O2S/c1-3-5-7-15(19)18-16-17-13-9-8-12(11-14(13)21-16)20-10-6-4-2/h8-9,11H,3-7,10H2,1-2H3,(H,17,18,19). The van der Waals surface area contributed by atoms with Gasteiger partial charge in [-0.15, -0.1) is 0 Å². The first-order chi connectivity index (χ1) is 10.2. The molecule has 0 bridgehead atoms.